The summed E-state index contributed by atoms with van der Waals surface area (Å²) in [4.78, 5) is 16.3. The first kappa shape index (κ1) is 19.9. The molecular formula is C20H29N3O3. The van der Waals surface area contributed by atoms with Crippen molar-refractivity contribution in [3.05, 3.63) is 41.5 Å². The number of nitrogens with one attached hydrogen (secondary N) is 1. The molecule has 0 aliphatic rings. The third-order valence-electron chi connectivity index (χ3n) is 4.06. The zero-order valence-corrected chi connectivity index (χ0v) is 16.2. The van der Waals surface area contributed by atoms with Crippen molar-refractivity contribution in [2.75, 3.05) is 13.7 Å². The minimum atomic E-state index is -0.154. The monoisotopic (exact) mass is 359 g/mol. The number of ether oxygens (including phenoxy) is 1. The molecule has 1 amide bonds. The lowest BCUT2D eigenvalue weighted by Gasteiger charge is -2.10. The quantitative estimate of drug-likeness (QED) is 0.694. The lowest BCUT2D eigenvalue weighted by atomic mass is 9.97. The normalized spacial score (nSPS) is 11.4. The second-order valence-electron chi connectivity index (χ2n) is 7.42. The number of aryl methyl sites for hydroxylation is 1. The summed E-state index contributed by atoms with van der Waals surface area (Å²) in [5.41, 5.74) is 1.11. The van der Waals surface area contributed by atoms with Crippen LogP contribution in [0.4, 0.5) is 0 Å². The Balaban J connectivity index is 1.59. The van der Waals surface area contributed by atoms with Gasteiger partial charge in [-0.25, -0.2) is 0 Å². The highest BCUT2D eigenvalue weighted by molar-refractivity contribution is 5.75. The van der Waals surface area contributed by atoms with Gasteiger partial charge in [0.15, 0.2) is 5.82 Å². The van der Waals surface area contributed by atoms with Crippen LogP contribution >= 0.6 is 0 Å². The molecule has 2 rings (SSSR count). The molecule has 0 aliphatic heterocycles. The lowest BCUT2D eigenvalue weighted by molar-refractivity contribution is -0.121. The highest BCUT2D eigenvalue weighted by Gasteiger charge is 2.21. The van der Waals surface area contributed by atoms with Gasteiger partial charge in [0.05, 0.1) is 7.11 Å². The van der Waals surface area contributed by atoms with Crippen LogP contribution in [-0.4, -0.2) is 29.7 Å². The van der Waals surface area contributed by atoms with E-state index in [0.29, 0.717) is 31.1 Å². The molecule has 26 heavy (non-hydrogen) atoms. The maximum Gasteiger partial charge on any atom is 0.232 e. The number of nitrogens with zero attached hydrogens (tertiary/aromatic N) is 2. The smallest absolute Gasteiger partial charge is 0.232 e. The fourth-order valence-corrected chi connectivity index (χ4v) is 2.47. The summed E-state index contributed by atoms with van der Waals surface area (Å²) in [6, 6.07) is 8.06. The molecule has 0 saturated heterocycles. The molecule has 1 N–H and O–H groups in total. The van der Waals surface area contributed by atoms with Gasteiger partial charge in [-0.1, -0.05) is 38.1 Å². The second kappa shape index (κ2) is 9.36. The number of hydrogen-bond donors (Lipinski definition) is 1. The molecule has 0 bridgehead atoms. The van der Waals surface area contributed by atoms with Gasteiger partial charge in [-0.3, -0.25) is 4.79 Å². The average Bonchev–Trinajstić information content (AvgIpc) is 3.08. The van der Waals surface area contributed by atoms with Crippen LogP contribution < -0.4 is 10.1 Å². The van der Waals surface area contributed by atoms with E-state index >= 15 is 0 Å². The predicted molar refractivity (Wildman–Crippen MR) is 100 cm³/mol. The molecule has 0 unspecified atom stereocenters. The molecule has 0 aliphatic carbocycles. The van der Waals surface area contributed by atoms with Crippen LogP contribution in [-0.2, 0) is 23.1 Å². The molecule has 6 heteroatoms. The molecular weight excluding hydrogens is 330 g/mol. The van der Waals surface area contributed by atoms with Gasteiger partial charge in [-0.2, -0.15) is 4.98 Å². The third kappa shape index (κ3) is 6.50. The molecule has 0 atom stereocenters. The molecule has 0 fully saturated rings. The summed E-state index contributed by atoms with van der Waals surface area (Å²) >= 11 is 0. The Hall–Kier alpha value is -2.37. The topological polar surface area (TPSA) is 77.2 Å². The van der Waals surface area contributed by atoms with Crippen LogP contribution in [0.25, 0.3) is 0 Å². The Morgan fingerprint density at radius 1 is 1.15 bits per heavy atom. The number of benzene rings is 1. The molecule has 0 spiro atoms. The van der Waals surface area contributed by atoms with Gasteiger partial charge >= 0.3 is 0 Å². The SMILES string of the molecule is COc1ccc(CCCCC(=O)NCCc2noc(C(C)(C)C)n2)cc1. The van der Waals surface area contributed by atoms with Crippen molar-refractivity contribution in [2.45, 2.75) is 58.3 Å². The minimum absolute atomic E-state index is 0.0688. The standard InChI is InChI=1S/C20H29N3O3/c1-20(2,3)19-22-17(23-26-19)13-14-21-18(24)8-6-5-7-15-9-11-16(25-4)12-10-15/h9-12H,5-8,13-14H2,1-4H3,(H,21,24). The fourth-order valence-electron chi connectivity index (χ4n) is 2.47. The van der Waals surface area contributed by atoms with Crippen molar-refractivity contribution < 1.29 is 14.1 Å². The van der Waals surface area contributed by atoms with Gasteiger partial charge in [-0.05, 0) is 37.0 Å². The second-order valence-corrected chi connectivity index (χ2v) is 7.42. The lowest BCUT2D eigenvalue weighted by Crippen LogP contribution is -2.25. The highest BCUT2D eigenvalue weighted by atomic mass is 16.5. The number of unbranched alkanes of at least 4 members (excludes halogenated alkanes) is 1. The molecule has 1 heterocycles. The zero-order valence-electron chi connectivity index (χ0n) is 16.2. The number of carbonyl (C=O) groups excluding carboxylic acids is 1. The van der Waals surface area contributed by atoms with Crippen molar-refractivity contribution in [3.63, 3.8) is 0 Å². The first-order valence-electron chi connectivity index (χ1n) is 9.11. The van der Waals surface area contributed by atoms with E-state index in [1.165, 1.54) is 5.56 Å². The van der Waals surface area contributed by atoms with Gasteiger partial charge < -0.3 is 14.6 Å². The van der Waals surface area contributed by atoms with Crippen LogP contribution in [0.15, 0.2) is 28.8 Å². The van der Waals surface area contributed by atoms with Crippen LogP contribution in [0, 0.1) is 0 Å². The van der Waals surface area contributed by atoms with Gasteiger partial charge in [0.1, 0.15) is 5.75 Å². The van der Waals surface area contributed by atoms with Crippen molar-refractivity contribution in [1.82, 2.24) is 15.5 Å². The average molecular weight is 359 g/mol. The van der Waals surface area contributed by atoms with E-state index in [0.717, 1.165) is 25.0 Å². The van der Waals surface area contributed by atoms with E-state index < -0.39 is 0 Å². The summed E-state index contributed by atoms with van der Waals surface area (Å²) < 4.78 is 10.4. The third-order valence-corrected chi connectivity index (χ3v) is 4.06. The van der Waals surface area contributed by atoms with E-state index in [1.54, 1.807) is 7.11 Å². The van der Waals surface area contributed by atoms with Crippen LogP contribution in [0.1, 0.15) is 57.3 Å². The van der Waals surface area contributed by atoms with E-state index in [9.17, 15) is 4.79 Å². The number of hydrogen-bond acceptors (Lipinski definition) is 5. The molecule has 142 valence electrons. The van der Waals surface area contributed by atoms with Gasteiger partial charge in [0.2, 0.25) is 11.8 Å². The molecule has 1 aromatic carbocycles. The summed E-state index contributed by atoms with van der Waals surface area (Å²) in [5, 5.41) is 6.87. The van der Waals surface area contributed by atoms with E-state index in [-0.39, 0.29) is 11.3 Å². The van der Waals surface area contributed by atoms with Crippen molar-refractivity contribution in [2.24, 2.45) is 0 Å². The number of carbonyl (C=O) groups is 1. The highest BCUT2D eigenvalue weighted by Crippen LogP contribution is 2.19. The Labute approximate surface area is 155 Å². The Morgan fingerprint density at radius 3 is 2.50 bits per heavy atom. The molecule has 0 radical (unpaired) electrons. The van der Waals surface area contributed by atoms with E-state index in [2.05, 4.69) is 27.6 Å². The Bertz CT molecular complexity index is 687. The fraction of sp³-hybridized carbons (Fsp3) is 0.550. The van der Waals surface area contributed by atoms with Crippen LogP contribution in [0.5, 0.6) is 5.75 Å². The van der Waals surface area contributed by atoms with Gasteiger partial charge in [-0.15, -0.1) is 0 Å². The summed E-state index contributed by atoms with van der Waals surface area (Å²) in [6.45, 7) is 6.61. The first-order valence-corrected chi connectivity index (χ1v) is 9.11. The number of rotatable bonds is 9. The summed E-state index contributed by atoms with van der Waals surface area (Å²) in [5.74, 6) is 2.19. The minimum Gasteiger partial charge on any atom is -0.497 e. The predicted octanol–water partition coefficient (Wildman–Crippen LogP) is 3.45. The summed E-state index contributed by atoms with van der Waals surface area (Å²) in [6.07, 6.45) is 3.94. The largest absolute Gasteiger partial charge is 0.497 e. The maximum atomic E-state index is 11.9. The Kier molecular flexibility index (Phi) is 7.18. The van der Waals surface area contributed by atoms with E-state index in [4.69, 9.17) is 9.26 Å². The van der Waals surface area contributed by atoms with E-state index in [1.807, 2.05) is 32.9 Å². The maximum absolute atomic E-state index is 11.9. The van der Waals surface area contributed by atoms with Gasteiger partial charge in [0, 0.05) is 24.8 Å². The summed E-state index contributed by atoms with van der Waals surface area (Å²) in [7, 11) is 1.66. The van der Waals surface area contributed by atoms with Crippen LogP contribution in [0.2, 0.25) is 0 Å². The van der Waals surface area contributed by atoms with Crippen molar-refractivity contribution in [3.8, 4) is 5.75 Å². The van der Waals surface area contributed by atoms with Crippen molar-refractivity contribution in [1.29, 1.82) is 0 Å². The number of methoxy groups -OCH3 is 1. The first-order chi connectivity index (χ1) is 12.4. The molecule has 1 aromatic heterocycles. The van der Waals surface area contributed by atoms with Crippen molar-refractivity contribution >= 4 is 5.91 Å². The zero-order chi connectivity index (χ0) is 19.0. The van der Waals surface area contributed by atoms with Crippen LogP contribution in [0.3, 0.4) is 0 Å². The molecule has 0 saturated carbocycles. The Morgan fingerprint density at radius 2 is 1.88 bits per heavy atom. The molecule has 2 aromatic rings. The van der Waals surface area contributed by atoms with Gasteiger partial charge in [0.25, 0.3) is 0 Å². The number of aromatic nitrogens is 2. The molecule has 6 nitrogen and oxygen atoms in total. The number of amides is 1.